The first kappa shape index (κ1) is 22.0. The van der Waals surface area contributed by atoms with Crippen molar-refractivity contribution in [1.82, 2.24) is 0 Å². The van der Waals surface area contributed by atoms with E-state index in [9.17, 15) is 4.79 Å². The molecule has 0 amide bonds. The third-order valence-corrected chi connectivity index (χ3v) is 4.64. The first-order valence-corrected chi connectivity index (χ1v) is 9.46. The van der Waals surface area contributed by atoms with E-state index in [2.05, 4.69) is 45.9 Å². The Bertz CT molecular complexity index is 628. The molecule has 1 aliphatic carbocycles. The van der Waals surface area contributed by atoms with Crippen LogP contribution in [0.5, 0.6) is 0 Å². The molecule has 26 heavy (non-hydrogen) atoms. The molecule has 1 aliphatic rings. The molecule has 0 bridgehead atoms. The highest BCUT2D eigenvalue weighted by atomic mass is 16.7. The van der Waals surface area contributed by atoms with E-state index in [1.807, 2.05) is 25.2 Å². The Kier molecular flexibility index (Phi) is 9.18. The van der Waals surface area contributed by atoms with Crippen molar-refractivity contribution in [2.24, 2.45) is 5.41 Å². The second kappa shape index (κ2) is 10.8. The summed E-state index contributed by atoms with van der Waals surface area (Å²) in [5, 5.41) is 0. The van der Waals surface area contributed by atoms with Crippen LogP contribution in [0, 0.1) is 5.41 Å². The molecule has 144 valence electrons. The molecule has 0 aliphatic heterocycles. The van der Waals surface area contributed by atoms with Gasteiger partial charge in [-0.25, -0.2) is 4.79 Å². The van der Waals surface area contributed by atoms with Crippen LogP contribution in [0.2, 0.25) is 0 Å². The topological polar surface area (TPSA) is 35.5 Å². The Morgan fingerprint density at radius 2 is 1.88 bits per heavy atom. The lowest BCUT2D eigenvalue weighted by molar-refractivity contribution is 0.0672. The van der Waals surface area contributed by atoms with Crippen molar-refractivity contribution >= 4 is 6.16 Å². The van der Waals surface area contributed by atoms with Gasteiger partial charge in [0.25, 0.3) is 0 Å². The molecular weight excluding hydrogens is 324 g/mol. The first-order chi connectivity index (χ1) is 12.3. The van der Waals surface area contributed by atoms with E-state index in [1.165, 1.54) is 36.0 Å². The number of carbonyl (C=O) groups excluding carboxylic acids is 1. The fraction of sp³-hybridized carbons (Fsp3) is 0.522. The Hall–Kier alpha value is -2.03. The van der Waals surface area contributed by atoms with E-state index >= 15 is 0 Å². The lowest BCUT2D eigenvalue weighted by Crippen LogP contribution is -2.19. The predicted octanol–water partition coefficient (Wildman–Crippen LogP) is 6.69. The summed E-state index contributed by atoms with van der Waals surface area (Å²) in [6.07, 6.45) is 15.6. The van der Waals surface area contributed by atoms with Crippen LogP contribution in [-0.4, -0.2) is 19.4 Å². The zero-order valence-electron chi connectivity index (χ0n) is 17.2. The fourth-order valence-electron chi connectivity index (χ4n) is 3.10. The van der Waals surface area contributed by atoms with Crippen LogP contribution in [0.3, 0.4) is 0 Å². The van der Waals surface area contributed by atoms with Gasteiger partial charge in [-0.3, -0.25) is 0 Å². The van der Waals surface area contributed by atoms with Gasteiger partial charge >= 0.3 is 6.16 Å². The van der Waals surface area contributed by atoms with Crippen molar-refractivity contribution in [3.05, 3.63) is 58.7 Å². The minimum absolute atomic E-state index is 0.222. The van der Waals surface area contributed by atoms with Gasteiger partial charge in [-0.05, 0) is 64.0 Å². The second-order valence-corrected chi connectivity index (χ2v) is 7.48. The SMILES string of the molecule is CCOC(=O)OCC=C(C)C=CC=C(C)C=CC1=C(C)CCCC1(C)C. The van der Waals surface area contributed by atoms with Gasteiger partial charge in [0, 0.05) is 0 Å². The summed E-state index contributed by atoms with van der Waals surface area (Å²) in [4.78, 5) is 11.1. The van der Waals surface area contributed by atoms with E-state index < -0.39 is 6.16 Å². The van der Waals surface area contributed by atoms with E-state index in [-0.39, 0.29) is 12.0 Å². The summed E-state index contributed by atoms with van der Waals surface area (Å²) < 4.78 is 9.62. The number of hydrogen-bond donors (Lipinski definition) is 0. The van der Waals surface area contributed by atoms with Gasteiger partial charge in [-0.15, -0.1) is 0 Å². The van der Waals surface area contributed by atoms with Gasteiger partial charge in [0.2, 0.25) is 0 Å². The molecule has 0 atom stereocenters. The molecule has 0 N–H and O–H groups in total. The van der Waals surface area contributed by atoms with Crippen LogP contribution in [0.4, 0.5) is 4.79 Å². The molecule has 0 unspecified atom stereocenters. The summed E-state index contributed by atoms with van der Waals surface area (Å²) in [5.41, 5.74) is 5.51. The minimum atomic E-state index is -0.628. The van der Waals surface area contributed by atoms with Crippen molar-refractivity contribution in [2.75, 3.05) is 13.2 Å². The highest BCUT2D eigenvalue weighted by Crippen LogP contribution is 2.40. The molecule has 3 nitrogen and oxygen atoms in total. The summed E-state index contributed by atoms with van der Waals surface area (Å²) in [6, 6.07) is 0. The molecule has 0 spiro atoms. The maximum atomic E-state index is 11.1. The smallest absolute Gasteiger partial charge is 0.435 e. The van der Waals surface area contributed by atoms with Crippen molar-refractivity contribution in [2.45, 2.75) is 60.8 Å². The third kappa shape index (κ3) is 7.90. The van der Waals surface area contributed by atoms with E-state index in [4.69, 9.17) is 9.47 Å². The Labute approximate surface area is 159 Å². The van der Waals surface area contributed by atoms with Gasteiger partial charge in [0.15, 0.2) is 0 Å². The lowest BCUT2D eigenvalue weighted by Gasteiger charge is -2.32. The van der Waals surface area contributed by atoms with Crippen LogP contribution in [0.25, 0.3) is 0 Å². The monoisotopic (exact) mass is 358 g/mol. The quantitative estimate of drug-likeness (QED) is 0.375. The summed E-state index contributed by atoms with van der Waals surface area (Å²) >= 11 is 0. The van der Waals surface area contributed by atoms with Crippen LogP contribution in [0.15, 0.2) is 58.7 Å². The molecule has 0 aromatic rings. The van der Waals surface area contributed by atoms with E-state index in [0.29, 0.717) is 6.61 Å². The highest BCUT2D eigenvalue weighted by molar-refractivity contribution is 5.59. The normalized spacial score (nSPS) is 18.7. The van der Waals surface area contributed by atoms with E-state index in [1.54, 1.807) is 6.92 Å². The molecule has 3 heteroatoms. The largest absolute Gasteiger partial charge is 0.508 e. The molecule has 1 rings (SSSR count). The van der Waals surface area contributed by atoms with Crippen LogP contribution in [0.1, 0.15) is 60.8 Å². The van der Waals surface area contributed by atoms with Crippen LogP contribution in [-0.2, 0) is 9.47 Å². The summed E-state index contributed by atoms with van der Waals surface area (Å²) in [6.45, 7) is 13.3. The Balaban J connectivity index is 2.59. The lowest BCUT2D eigenvalue weighted by atomic mass is 9.72. The number of carbonyl (C=O) groups is 1. The van der Waals surface area contributed by atoms with Crippen LogP contribution < -0.4 is 0 Å². The molecule has 0 radical (unpaired) electrons. The molecule has 0 saturated carbocycles. The zero-order valence-corrected chi connectivity index (χ0v) is 17.2. The first-order valence-electron chi connectivity index (χ1n) is 9.46. The van der Waals surface area contributed by atoms with Gasteiger partial charge in [-0.1, -0.05) is 60.9 Å². The van der Waals surface area contributed by atoms with Crippen molar-refractivity contribution < 1.29 is 14.3 Å². The molecular formula is C23H34O3. The predicted molar refractivity (Wildman–Crippen MR) is 109 cm³/mol. The van der Waals surface area contributed by atoms with Crippen molar-refractivity contribution in [1.29, 1.82) is 0 Å². The van der Waals surface area contributed by atoms with Gasteiger partial charge in [0.05, 0.1) is 6.61 Å². The zero-order chi connectivity index (χ0) is 19.6. The average Bonchev–Trinajstić information content (AvgIpc) is 2.54. The van der Waals surface area contributed by atoms with Gasteiger partial charge in [-0.2, -0.15) is 0 Å². The maximum Gasteiger partial charge on any atom is 0.508 e. The second-order valence-electron chi connectivity index (χ2n) is 7.48. The highest BCUT2D eigenvalue weighted by Gasteiger charge is 2.26. The molecule has 0 aromatic heterocycles. The summed E-state index contributed by atoms with van der Waals surface area (Å²) in [5.74, 6) is 0. The van der Waals surface area contributed by atoms with Crippen LogP contribution >= 0.6 is 0 Å². The maximum absolute atomic E-state index is 11.1. The number of rotatable bonds is 7. The average molecular weight is 359 g/mol. The molecule has 0 aromatic carbocycles. The van der Waals surface area contributed by atoms with Crippen molar-refractivity contribution in [3.63, 3.8) is 0 Å². The van der Waals surface area contributed by atoms with E-state index in [0.717, 1.165) is 5.57 Å². The Morgan fingerprint density at radius 3 is 2.54 bits per heavy atom. The Morgan fingerprint density at radius 1 is 1.15 bits per heavy atom. The van der Waals surface area contributed by atoms with Gasteiger partial charge in [0.1, 0.15) is 6.61 Å². The van der Waals surface area contributed by atoms with Gasteiger partial charge < -0.3 is 9.47 Å². The number of allylic oxidation sites excluding steroid dienone is 9. The fourth-order valence-corrected chi connectivity index (χ4v) is 3.10. The number of hydrogen-bond acceptors (Lipinski definition) is 3. The van der Waals surface area contributed by atoms with Crippen molar-refractivity contribution in [3.8, 4) is 0 Å². The minimum Gasteiger partial charge on any atom is -0.435 e. The third-order valence-electron chi connectivity index (χ3n) is 4.64. The number of ether oxygens (including phenoxy) is 2. The molecule has 0 heterocycles. The standard InChI is InChI=1S/C23H34O3/c1-7-25-22(24)26-17-15-19(3)11-8-10-18(2)13-14-21-20(4)12-9-16-23(21,5)6/h8,10-11,13-15H,7,9,12,16-17H2,1-6H3. The summed E-state index contributed by atoms with van der Waals surface area (Å²) in [7, 11) is 0. The molecule has 0 fully saturated rings. The molecule has 0 saturated heterocycles.